The first-order valence-corrected chi connectivity index (χ1v) is 25.0. The molecule has 18 heteroatoms. The van der Waals surface area contributed by atoms with Gasteiger partial charge in [-0.15, -0.1) is 0 Å². The first-order chi connectivity index (χ1) is 36.7. The molecular formula is C58H66N4O14. The molecule has 5 aromatic carbocycles. The van der Waals surface area contributed by atoms with Crippen molar-refractivity contribution in [2.45, 2.75) is 84.0 Å². The van der Waals surface area contributed by atoms with Crippen LogP contribution in [0, 0.1) is 0 Å². The van der Waals surface area contributed by atoms with Gasteiger partial charge in [-0.2, -0.15) is 0 Å². The van der Waals surface area contributed by atoms with E-state index in [4.69, 9.17) is 33.2 Å². The normalized spacial score (nSPS) is 14.8. The highest BCUT2D eigenvalue weighted by Gasteiger charge is 2.43. The molecule has 0 spiro atoms. The van der Waals surface area contributed by atoms with E-state index in [1.165, 1.54) is 4.90 Å². The summed E-state index contributed by atoms with van der Waals surface area (Å²) in [4.78, 5) is 100. The molecule has 5 aromatic rings. The summed E-state index contributed by atoms with van der Waals surface area (Å²) in [5.41, 5.74) is 2.79. The van der Waals surface area contributed by atoms with Gasteiger partial charge in [0.25, 0.3) is 0 Å². The van der Waals surface area contributed by atoms with E-state index in [-0.39, 0.29) is 59.1 Å². The maximum Gasteiger partial charge on any atom is 0.408 e. The molecule has 0 aromatic heterocycles. The molecule has 0 radical (unpaired) electrons. The SMILES string of the molecule is CC(C)(C)OC(=O)NCC(=O)OC[C@@H](CN(CC(=O)OCc1ccccc1)[C@H]1C[C@@H](C(=O)OCc2ccccc2)N(CC(=O)OCc2ccccc2)C1)N(CC(=O)OCc1ccccc1)CC(=O)OCc1ccccc1. The summed E-state index contributed by atoms with van der Waals surface area (Å²) in [7, 11) is 0. The Labute approximate surface area is 443 Å². The van der Waals surface area contributed by atoms with Gasteiger partial charge in [0.1, 0.15) is 57.8 Å². The number of amides is 1. The lowest BCUT2D eigenvalue weighted by Gasteiger charge is -2.36. The summed E-state index contributed by atoms with van der Waals surface area (Å²) >= 11 is 0. The van der Waals surface area contributed by atoms with Crippen molar-refractivity contribution in [3.8, 4) is 0 Å². The molecule has 1 amide bonds. The van der Waals surface area contributed by atoms with Crippen LogP contribution in [0.15, 0.2) is 152 Å². The fraction of sp³-hybridized carbons (Fsp3) is 0.362. The number of hydrogen-bond donors (Lipinski definition) is 1. The molecule has 1 saturated heterocycles. The van der Waals surface area contributed by atoms with Crippen LogP contribution in [-0.2, 0) is 95.0 Å². The van der Waals surface area contributed by atoms with Crippen molar-refractivity contribution < 1.29 is 66.7 Å². The number of hydrogen-bond acceptors (Lipinski definition) is 17. The number of alkyl carbamates (subject to hydrolysis) is 1. The van der Waals surface area contributed by atoms with E-state index < -0.39 is 98.4 Å². The molecule has 0 bridgehead atoms. The van der Waals surface area contributed by atoms with Crippen molar-refractivity contribution in [1.82, 2.24) is 20.0 Å². The minimum absolute atomic E-state index is 0.00939. The Kier molecular flexibility index (Phi) is 22.5. The van der Waals surface area contributed by atoms with Crippen molar-refractivity contribution in [1.29, 1.82) is 0 Å². The van der Waals surface area contributed by atoms with E-state index in [2.05, 4.69) is 5.32 Å². The molecule has 1 fully saturated rings. The fourth-order valence-corrected chi connectivity index (χ4v) is 8.09. The predicted octanol–water partition coefficient (Wildman–Crippen LogP) is 6.19. The van der Waals surface area contributed by atoms with Gasteiger partial charge in [-0.3, -0.25) is 43.5 Å². The van der Waals surface area contributed by atoms with Gasteiger partial charge in [-0.1, -0.05) is 152 Å². The molecule has 3 atom stereocenters. The zero-order valence-electron chi connectivity index (χ0n) is 43.1. The van der Waals surface area contributed by atoms with Crippen LogP contribution >= 0.6 is 0 Å². The van der Waals surface area contributed by atoms with E-state index in [9.17, 15) is 33.6 Å². The molecule has 76 heavy (non-hydrogen) atoms. The zero-order chi connectivity index (χ0) is 54.1. The summed E-state index contributed by atoms with van der Waals surface area (Å²) in [5, 5.41) is 2.38. The molecule has 402 valence electrons. The van der Waals surface area contributed by atoms with Crippen LogP contribution in [0.2, 0.25) is 0 Å². The lowest BCUT2D eigenvalue weighted by molar-refractivity contribution is -0.155. The quantitative estimate of drug-likeness (QED) is 0.0460. The smallest absolute Gasteiger partial charge is 0.408 e. The number of rotatable bonds is 27. The monoisotopic (exact) mass is 1040 g/mol. The van der Waals surface area contributed by atoms with E-state index in [0.29, 0.717) is 11.1 Å². The van der Waals surface area contributed by atoms with Crippen molar-refractivity contribution >= 4 is 41.9 Å². The van der Waals surface area contributed by atoms with Crippen molar-refractivity contribution in [3.05, 3.63) is 179 Å². The second-order valence-corrected chi connectivity index (χ2v) is 19.0. The van der Waals surface area contributed by atoms with E-state index in [0.717, 1.165) is 16.7 Å². The Morgan fingerprint density at radius 2 is 0.921 bits per heavy atom. The Morgan fingerprint density at radius 3 is 1.34 bits per heavy atom. The molecule has 1 heterocycles. The van der Waals surface area contributed by atoms with E-state index >= 15 is 0 Å². The van der Waals surface area contributed by atoms with Gasteiger partial charge >= 0.3 is 41.9 Å². The van der Waals surface area contributed by atoms with Crippen molar-refractivity contribution in [2.75, 3.05) is 52.4 Å². The number of carbonyl (C=O) groups excluding carboxylic acids is 7. The largest absolute Gasteiger partial charge is 0.463 e. The average molecular weight is 1040 g/mol. The Morgan fingerprint density at radius 1 is 0.526 bits per heavy atom. The predicted molar refractivity (Wildman–Crippen MR) is 277 cm³/mol. The number of esters is 6. The summed E-state index contributed by atoms with van der Waals surface area (Å²) < 4.78 is 39.8. The van der Waals surface area contributed by atoms with Crippen molar-refractivity contribution in [2.24, 2.45) is 0 Å². The van der Waals surface area contributed by atoms with Crippen LogP contribution in [0.3, 0.4) is 0 Å². The third-order valence-corrected chi connectivity index (χ3v) is 11.9. The van der Waals surface area contributed by atoms with Gasteiger partial charge in [0.15, 0.2) is 0 Å². The molecular weight excluding hydrogens is 977 g/mol. The number of nitrogens with one attached hydrogen (secondary N) is 1. The van der Waals surface area contributed by atoms with Crippen LogP contribution in [0.1, 0.15) is 55.0 Å². The number of nitrogens with zero attached hydrogens (tertiary/aromatic N) is 3. The van der Waals surface area contributed by atoms with Gasteiger partial charge in [0.05, 0.1) is 32.2 Å². The zero-order valence-corrected chi connectivity index (χ0v) is 43.1. The number of carbonyl (C=O) groups is 7. The highest BCUT2D eigenvalue weighted by Crippen LogP contribution is 2.26. The van der Waals surface area contributed by atoms with Crippen LogP contribution in [-0.4, -0.2) is 133 Å². The molecule has 1 N–H and O–H groups in total. The van der Waals surface area contributed by atoms with Gasteiger partial charge in [-0.25, -0.2) is 4.79 Å². The fourth-order valence-electron chi connectivity index (χ4n) is 8.09. The van der Waals surface area contributed by atoms with Crippen LogP contribution in [0.5, 0.6) is 0 Å². The third-order valence-electron chi connectivity index (χ3n) is 11.9. The lowest BCUT2D eigenvalue weighted by Crippen LogP contribution is -2.54. The summed E-state index contributed by atoms with van der Waals surface area (Å²) in [6.07, 6.45) is -0.826. The number of ether oxygens (including phenoxy) is 7. The number of likely N-dealkylation sites (tertiary alicyclic amines) is 1. The highest BCUT2D eigenvalue weighted by molar-refractivity contribution is 5.79. The summed E-state index contributed by atoms with van der Waals surface area (Å²) in [6.45, 7) is 1.69. The Balaban J connectivity index is 1.32. The third kappa shape index (κ3) is 20.8. The average Bonchev–Trinajstić information content (AvgIpc) is 3.84. The first kappa shape index (κ1) is 57.4. The Bertz CT molecular complexity index is 2560. The van der Waals surface area contributed by atoms with E-state index in [1.807, 2.05) is 91.0 Å². The maximum absolute atomic E-state index is 14.2. The molecule has 1 aliphatic rings. The molecule has 6 rings (SSSR count). The summed E-state index contributed by atoms with van der Waals surface area (Å²) in [6, 6.07) is 42.5. The molecule has 1 aliphatic heterocycles. The van der Waals surface area contributed by atoms with E-state index in [1.54, 1.807) is 91.2 Å². The van der Waals surface area contributed by atoms with Gasteiger partial charge in [-0.05, 0) is 55.0 Å². The molecule has 0 saturated carbocycles. The first-order valence-electron chi connectivity index (χ1n) is 25.0. The Hall–Kier alpha value is -7.93. The minimum atomic E-state index is -1.09. The maximum atomic E-state index is 14.2. The topological polar surface area (TPSA) is 206 Å². The number of benzene rings is 5. The minimum Gasteiger partial charge on any atom is -0.463 e. The summed E-state index contributed by atoms with van der Waals surface area (Å²) in [5.74, 6) is -4.26. The second kappa shape index (κ2) is 29.8. The van der Waals surface area contributed by atoms with Gasteiger partial charge < -0.3 is 38.5 Å². The van der Waals surface area contributed by atoms with Gasteiger partial charge in [0, 0.05) is 19.1 Å². The standard InChI is InChI=1S/C58H66N4O14/c1-58(2,3)76-57(69)59-30-51(63)74-42-49(61(34-53(65)71-38-44-21-11-5-12-22-44)35-54(66)72-39-45-23-13-6-14-24-45)32-60(33-52(64)70-37-43-19-9-4-10-20-43)48-29-50(56(68)75-41-47-27-17-8-18-28-47)62(31-48)36-55(67)73-40-46-25-15-7-16-26-46/h4-28,48-50H,29-42H2,1-3H3,(H,59,69)/t48-,49+,50-/m0/s1. The van der Waals surface area contributed by atoms with Crippen molar-refractivity contribution in [3.63, 3.8) is 0 Å². The van der Waals surface area contributed by atoms with Gasteiger partial charge in [0.2, 0.25) is 0 Å². The second-order valence-electron chi connectivity index (χ2n) is 19.0. The highest BCUT2D eigenvalue weighted by atomic mass is 16.6. The van der Waals surface area contributed by atoms with Crippen LogP contribution < -0.4 is 5.32 Å². The lowest BCUT2D eigenvalue weighted by atomic mass is 10.1. The van der Waals surface area contributed by atoms with Crippen LogP contribution in [0.25, 0.3) is 0 Å². The van der Waals surface area contributed by atoms with Crippen LogP contribution in [0.4, 0.5) is 4.79 Å². The molecule has 0 aliphatic carbocycles. The molecule has 18 nitrogen and oxygen atoms in total. The molecule has 0 unspecified atom stereocenters.